The van der Waals surface area contributed by atoms with Gasteiger partial charge in [0.25, 0.3) is 0 Å². The van der Waals surface area contributed by atoms with Crippen LogP contribution in [0.15, 0.2) is 47.5 Å². The number of aliphatic imine (C=N–C) groups is 1. The van der Waals surface area contributed by atoms with E-state index in [4.69, 9.17) is 14.2 Å². The highest BCUT2D eigenvalue weighted by Crippen LogP contribution is 2.27. The average Bonchev–Trinajstić information content (AvgIpc) is 2.81. The van der Waals surface area contributed by atoms with Gasteiger partial charge in [-0.25, -0.2) is 0 Å². The number of guanidine groups is 1. The van der Waals surface area contributed by atoms with Crippen molar-refractivity contribution in [2.45, 2.75) is 19.5 Å². The Morgan fingerprint density at radius 1 is 1.06 bits per heavy atom. The van der Waals surface area contributed by atoms with Crippen molar-refractivity contribution in [1.82, 2.24) is 15.5 Å². The molecule has 0 amide bonds. The van der Waals surface area contributed by atoms with E-state index in [0.29, 0.717) is 6.54 Å². The lowest BCUT2D eigenvalue weighted by molar-refractivity contribution is 0.0170. The highest BCUT2D eigenvalue weighted by molar-refractivity contribution is 5.79. The van der Waals surface area contributed by atoms with Gasteiger partial charge in [0.2, 0.25) is 0 Å². The molecule has 168 valence electrons. The van der Waals surface area contributed by atoms with E-state index in [2.05, 4.69) is 51.7 Å². The molecule has 7 nitrogen and oxygen atoms in total. The number of morpholine rings is 1. The number of nitrogens with one attached hydrogen (secondary N) is 2. The van der Waals surface area contributed by atoms with Crippen LogP contribution >= 0.6 is 0 Å². The Labute approximate surface area is 185 Å². The minimum atomic E-state index is 0.253. The summed E-state index contributed by atoms with van der Waals surface area (Å²) in [6, 6.07) is 14.9. The summed E-state index contributed by atoms with van der Waals surface area (Å²) < 4.78 is 16.3. The van der Waals surface area contributed by atoms with Gasteiger partial charge in [0.15, 0.2) is 17.5 Å². The van der Waals surface area contributed by atoms with Crippen LogP contribution in [0.1, 0.15) is 22.7 Å². The van der Waals surface area contributed by atoms with Gasteiger partial charge in [-0.2, -0.15) is 0 Å². The van der Waals surface area contributed by atoms with Crippen molar-refractivity contribution in [1.29, 1.82) is 0 Å². The predicted molar refractivity (Wildman–Crippen MR) is 124 cm³/mol. The van der Waals surface area contributed by atoms with Gasteiger partial charge < -0.3 is 24.8 Å². The summed E-state index contributed by atoms with van der Waals surface area (Å²) in [7, 11) is 5.08. The molecule has 3 rings (SSSR count). The Kier molecular flexibility index (Phi) is 8.55. The molecule has 1 saturated heterocycles. The Balaban J connectivity index is 1.64. The molecule has 0 spiro atoms. The molecule has 7 heteroatoms. The van der Waals surface area contributed by atoms with Crippen LogP contribution in [0.2, 0.25) is 0 Å². The first-order valence-corrected chi connectivity index (χ1v) is 10.7. The fourth-order valence-corrected chi connectivity index (χ4v) is 3.81. The van der Waals surface area contributed by atoms with E-state index in [1.165, 1.54) is 11.1 Å². The minimum absolute atomic E-state index is 0.253. The van der Waals surface area contributed by atoms with Crippen LogP contribution in [0.3, 0.4) is 0 Å². The molecule has 1 aliphatic rings. The Hall–Kier alpha value is -2.77. The lowest BCUT2D eigenvalue weighted by Crippen LogP contribution is -2.46. The minimum Gasteiger partial charge on any atom is -0.493 e. The molecule has 2 aromatic rings. The maximum atomic E-state index is 5.56. The fourth-order valence-electron chi connectivity index (χ4n) is 3.81. The molecule has 1 heterocycles. The highest BCUT2D eigenvalue weighted by Gasteiger charge is 2.23. The van der Waals surface area contributed by atoms with Crippen molar-refractivity contribution in [3.63, 3.8) is 0 Å². The zero-order valence-corrected chi connectivity index (χ0v) is 19.0. The smallest absolute Gasteiger partial charge is 0.191 e. The van der Waals surface area contributed by atoms with E-state index in [0.717, 1.165) is 55.9 Å². The molecule has 0 aromatic heterocycles. The molecule has 0 saturated carbocycles. The standard InChI is InChI=1S/C24H34N4O3/c1-18-6-5-7-20(14-18)21(28-10-12-31-13-11-28)17-27-24(25-2)26-16-19-8-9-22(29-3)23(15-19)30-4/h5-9,14-15,21H,10-13,16-17H2,1-4H3,(H2,25,26,27). The molecule has 2 N–H and O–H groups in total. The monoisotopic (exact) mass is 426 g/mol. The highest BCUT2D eigenvalue weighted by atomic mass is 16.5. The van der Waals surface area contributed by atoms with Crippen LogP contribution in [0, 0.1) is 6.92 Å². The van der Waals surface area contributed by atoms with E-state index in [1.54, 1.807) is 21.3 Å². The zero-order valence-electron chi connectivity index (χ0n) is 19.0. The quantitative estimate of drug-likeness (QED) is 0.500. The largest absolute Gasteiger partial charge is 0.493 e. The van der Waals surface area contributed by atoms with Gasteiger partial charge in [-0.3, -0.25) is 9.89 Å². The van der Waals surface area contributed by atoms with Crippen molar-refractivity contribution >= 4 is 5.96 Å². The number of ether oxygens (including phenoxy) is 3. The summed E-state index contributed by atoms with van der Waals surface area (Å²) >= 11 is 0. The molecule has 2 aromatic carbocycles. The Morgan fingerprint density at radius 3 is 2.52 bits per heavy atom. The van der Waals surface area contributed by atoms with Gasteiger partial charge in [-0.15, -0.1) is 0 Å². The van der Waals surface area contributed by atoms with Crippen molar-refractivity contribution in [3.8, 4) is 11.5 Å². The number of aryl methyl sites for hydroxylation is 1. The third kappa shape index (κ3) is 6.35. The zero-order chi connectivity index (χ0) is 22.1. The summed E-state index contributed by atoms with van der Waals surface area (Å²) in [6.45, 7) is 6.93. The number of hydrogen-bond donors (Lipinski definition) is 2. The molecular formula is C24H34N4O3. The van der Waals surface area contributed by atoms with E-state index in [-0.39, 0.29) is 6.04 Å². The summed E-state index contributed by atoms with van der Waals surface area (Å²) in [5.74, 6) is 2.21. The maximum Gasteiger partial charge on any atom is 0.191 e. The van der Waals surface area contributed by atoms with Gasteiger partial charge in [-0.1, -0.05) is 35.9 Å². The van der Waals surface area contributed by atoms with Crippen LogP contribution < -0.4 is 20.1 Å². The van der Waals surface area contributed by atoms with E-state index >= 15 is 0 Å². The molecule has 1 atom stereocenters. The molecular weight excluding hydrogens is 392 g/mol. The Bertz CT molecular complexity index is 866. The van der Waals surface area contributed by atoms with E-state index in [9.17, 15) is 0 Å². The van der Waals surface area contributed by atoms with Crippen LogP contribution in [0.4, 0.5) is 0 Å². The summed E-state index contributed by atoms with van der Waals surface area (Å²) in [6.07, 6.45) is 0. The van der Waals surface area contributed by atoms with Gasteiger partial charge >= 0.3 is 0 Å². The van der Waals surface area contributed by atoms with Crippen LogP contribution in [-0.4, -0.2) is 65.0 Å². The first-order valence-electron chi connectivity index (χ1n) is 10.7. The normalized spacial score (nSPS) is 15.9. The molecule has 0 aliphatic carbocycles. The van der Waals surface area contributed by atoms with E-state index in [1.807, 2.05) is 18.2 Å². The van der Waals surface area contributed by atoms with E-state index < -0.39 is 0 Å². The number of methoxy groups -OCH3 is 2. The lowest BCUT2D eigenvalue weighted by atomic mass is 10.0. The molecule has 0 bridgehead atoms. The molecule has 31 heavy (non-hydrogen) atoms. The second kappa shape index (κ2) is 11.6. The second-order valence-corrected chi connectivity index (χ2v) is 7.57. The van der Waals surface area contributed by atoms with Crippen molar-refractivity contribution in [2.75, 3.05) is 54.1 Å². The van der Waals surface area contributed by atoms with Gasteiger partial charge in [0.1, 0.15) is 0 Å². The average molecular weight is 427 g/mol. The topological polar surface area (TPSA) is 67.4 Å². The number of benzene rings is 2. The third-order valence-corrected chi connectivity index (χ3v) is 5.51. The van der Waals surface area contributed by atoms with Gasteiger partial charge in [0, 0.05) is 33.2 Å². The van der Waals surface area contributed by atoms with Crippen LogP contribution in [-0.2, 0) is 11.3 Å². The van der Waals surface area contributed by atoms with Crippen LogP contribution in [0.5, 0.6) is 11.5 Å². The first-order chi connectivity index (χ1) is 15.1. The predicted octanol–water partition coefficient (Wildman–Crippen LogP) is 2.75. The van der Waals surface area contributed by atoms with Gasteiger partial charge in [0.05, 0.1) is 33.5 Å². The van der Waals surface area contributed by atoms with Crippen molar-refractivity contribution < 1.29 is 14.2 Å². The Morgan fingerprint density at radius 2 is 1.84 bits per heavy atom. The maximum absolute atomic E-state index is 5.56. The first kappa shape index (κ1) is 22.9. The fraction of sp³-hybridized carbons (Fsp3) is 0.458. The summed E-state index contributed by atoms with van der Waals surface area (Å²) in [5.41, 5.74) is 3.67. The third-order valence-electron chi connectivity index (χ3n) is 5.51. The molecule has 1 unspecified atom stereocenters. The number of rotatable bonds is 8. The number of nitrogens with zero attached hydrogens (tertiary/aromatic N) is 2. The second-order valence-electron chi connectivity index (χ2n) is 7.57. The summed E-state index contributed by atoms with van der Waals surface area (Å²) in [4.78, 5) is 6.88. The molecule has 1 fully saturated rings. The summed E-state index contributed by atoms with van der Waals surface area (Å²) in [5, 5.41) is 6.90. The van der Waals surface area contributed by atoms with Crippen LogP contribution in [0.25, 0.3) is 0 Å². The molecule has 1 aliphatic heterocycles. The molecule has 0 radical (unpaired) electrons. The SMILES string of the molecule is CN=C(NCc1ccc(OC)c(OC)c1)NCC(c1cccc(C)c1)N1CCOCC1. The number of hydrogen-bond acceptors (Lipinski definition) is 5. The van der Waals surface area contributed by atoms with Crippen molar-refractivity contribution in [2.24, 2.45) is 4.99 Å². The lowest BCUT2D eigenvalue weighted by Gasteiger charge is -2.35. The van der Waals surface area contributed by atoms with Gasteiger partial charge in [-0.05, 0) is 30.2 Å². The van der Waals surface area contributed by atoms with Crippen molar-refractivity contribution in [3.05, 3.63) is 59.2 Å².